The first kappa shape index (κ1) is 20.4. The highest BCUT2D eigenvalue weighted by atomic mass is 32.2. The monoisotopic (exact) mass is 415 g/mol. The fourth-order valence-corrected chi connectivity index (χ4v) is 6.74. The van der Waals surface area contributed by atoms with Crippen molar-refractivity contribution in [3.8, 4) is 0 Å². The summed E-state index contributed by atoms with van der Waals surface area (Å²) in [6.45, 7) is 1.84. The van der Waals surface area contributed by atoms with Gasteiger partial charge in [-0.15, -0.1) is 0 Å². The smallest absolute Gasteiger partial charge is 0.264 e. The summed E-state index contributed by atoms with van der Waals surface area (Å²) in [7, 11) is -2.18. The quantitative estimate of drug-likeness (QED) is 0.512. The Labute approximate surface area is 166 Å². The van der Waals surface area contributed by atoms with Gasteiger partial charge in [0.15, 0.2) is 0 Å². The topological polar surface area (TPSA) is 88.6 Å². The number of benzene rings is 2. The third-order valence-corrected chi connectivity index (χ3v) is 8.31. The zero-order valence-corrected chi connectivity index (χ0v) is 16.8. The number of hydrogen-bond acceptors (Lipinski definition) is 5. The highest BCUT2D eigenvalue weighted by Gasteiger charge is 2.41. The molecule has 1 aliphatic rings. The van der Waals surface area contributed by atoms with Gasteiger partial charge in [0.25, 0.3) is 10.0 Å². The number of hydrogen-bond donors (Lipinski definition) is 0. The molecule has 28 heavy (non-hydrogen) atoms. The van der Waals surface area contributed by atoms with Gasteiger partial charge < -0.3 is 0 Å². The van der Waals surface area contributed by atoms with Crippen molar-refractivity contribution in [1.82, 2.24) is 4.31 Å². The van der Waals surface area contributed by atoms with Crippen LogP contribution in [0.1, 0.15) is 35.7 Å². The van der Waals surface area contributed by atoms with Crippen LogP contribution < -0.4 is 0 Å². The van der Waals surface area contributed by atoms with E-state index in [9.17, 15) is 21.6 Å². The van der Waals surface area contributed by atoms with E-state index in [1.165, 1.54) is 30.3 Å². The van der Waals surface area contributed by atoms with Crippen LogP contribution in [0, 0.1) is 0 Å². The predicted molar refractivity (Wildman–Crippen MR) is 107 cm³/mol. The minimum absolute atomic E-state index is 0.00417. The zero-order valence-electron chi connectivity index (χ0n) is 15.2. The van der Waals surface area contributed by atoms with Crippen molar-refractivity contribution in [3.05, 3.63) is 64.7 Å². The lowest BCUT2D eigenvalue weighted by Crippen LogP contribution is -2.34. The fraction of sp³-hybridized carbons (Fsp3) is 0.211. The minimum atomic E-state index is -4.20. The summed E-state index contributed by atoms with van der Waals surface area (Å²) in [5, 5.41) is -0.415. The first-order valence-corrected chi connectivity index (χ1v) is 11.6. The molecule has 0 saturated heterocycles. The van der Waals surface area contributed by atoms with E-state index >= 15 is 0 Å². The number of rotatable bonds is 7. The van der Waals surface area contributed by atoms with E-state index < -0.39 is 24.9 Å². The summed E-state index contributed by atoms with van der Waals surface area (Å²) in [6, 6.07) is 11.5. The van der Waals surface area contributed by atoms with Crippen LogP contribution in [0.5, 0.6) is 0 Å². The van der Waals surface area contributed by atoms with Crippen LogP contribution in [0.3, 0.4) is 0 Å². The Morgan fingerprint density at radius 2 is 1.71 bits per heavy atom. The SMILES string of the molecule is [B]C1=C(N(CCCC)S(=O)(=O)c2ccc(C=O)cc2)S(=O)(=O)c2ccccc21. The van der Waals surface area contributed by atoms with Gasteiger partial charge in [-0.1, -0.05) is 49.1 Å². The Morgan fingerprint density at radius 1 is 1.07 bits per heavy atom. The lowest BCUT2D eigenvalue weighted by Gasteiger charge is -2.26. The predicted octanol–water partition coefficient (Wildman–Crippen LogP) is 2.57. The van der Waals surface area contributed by atoms with E-state index in [0.717, 1.165) is 4.31 Å². The Balaban J connectivity index is 2.18. The molecule has 2 radical (unpaired) electrons. The van der Waals surface area contributed by atoms with Gasteiger partial charge in [0.2, 0.25) is 9.84 Å². The molecule has 0 N–H and O–H groups in total. The normalized spacial score (nSPS) is 15.3. The second-order valence-electron chi connectivity index (χ2n) is 6.34. The van der Waals surface area contributed by atoms with Crippen molar-refractivity contribution >= 4 is 39.5 Å². The third-order valence-electron chi connectivity index (χ3n) is 4.50. The maximum atomic E-state index is 13.3. The molecule has 0 aliphatic carbocycles. The van der Waals surface area contributed by atoms with E-state index in [4.69, 9.17) is 7.85 Å². The van der Waals surface area contributed by atoms with Crippen molar-refractivity contribution in [1.29, 1.82) is 0 Å². The van der Waals surface area contributed by atoms with Crippen LogP contribution in [0.2, 0.25) is 0 Å². The van der Waals surface area contributed by atoms with Crippen molar-refractivity contribution in [2.24, 2.45) is 0 Å². The van der Waals surface area contributed by atoms with Gasteiger partial charge in [-0.2, -0.15) is 0 Å². The van der Waals surface area contributed by atoms with Gasteiger partial charge in [0.05, 0.1) is 9.79 Å². The first-order valence-electron chi connectivity index (χ1n) is 8.67. The average molecular weight is 415 g/mol. The number of carbonyl (C=O) groups excluding carboxylic acids is 1. The standard InChI is InChI=1S/C19H18BNO5S2/c1-2-3-12-21(28(25,26)15-10-8-14(13-22)9-11-15)19-18(20)16-6-4-5-7-17(16)27(19,23)24/h4-11,13H,2-3,12H2,1H3. The maximum Gasteiger partial charge on any atom is 0.264 e. The second kappa shape index (κ2) is 7.56. The van der Waals surface area contributed by atoms with Crippen LogP contribution >= 0.6 is 0 Å². The Bertz CT molecular complexity index is 1150. The van der Waals surface area contributed by atoms with Crippen molar-refractivity contribution in [2.75, 3.05) is 6.54 Å². The number of aldehydes is 1. The molecule has 0 aromatic heterocycles. The van der Waals surface area contributed by atoms with Crippen molar-refractivity contribution < 1.29 is 21.6 Å². The Morgan fingerprint density at radius 3 is 2.29 bits per heavy atom. The Kier molecular flexibility index (Phi) is 5.49. The molecule has 0 amide bonds. The molecule has 2 aromatic rings. The number of nitrogens with zero attached hydrogens (tertiary/aromatic N) is 1. The average Bonchev–Trinajstić information content (AvgIpc) is 2.89. The number of sulfone groups is 1. The lowest BCUT2D eigenvalue weighted by atomic mass is 9.89. The molecule has 6 nitrogen and oxygen atoms in total. The van der Waals surface area contributed by atoms with Gasteiger partial charge in [0.1, 0.15) is 19.2 Å². The molecule has 0 bridgehead atoms. The molecular weight excluding hydrogens is 397 g/mol. The molecule has 0 fully saturated rings. The van der Waals surface area contributed by atoms with Gasteiger partial charge in [-0.05, 0) is 30.2 Å². The summed E-state index contributed by atoms with van der Waals surface area (Å²) in [5.74, 6) is 0. The highest BCUT2D eigenvalue weighted by Crippen LogP contribution is 2.41. The molecule has 1 heterocycles. The highest BCUT2D eigenvalue weighted by molar-refractivity contribution is 7.97. The van der Waals surface area contributed by atoms with E-state index in [2.05, 4.69) is 0 Å². The third kappa shape index (κ3) is 3.29. The van der Waals surface area contributed by atoms with Gasteiger partial charge in [-0.3, -0.25) is 9.10 Å². The molecule has 0 atom stereocenters. The summed E-state index contributed by atoms with van der Waals surface area (Å²) >= 11 is 0. The van der Waals surface area contributed by atoms with Crippen LogP contribution in [-0.2, 0) is 19.9 Å². The molecule has 0 saturated carbocycles. The zero-order chi connectivity index (χ0) is 20.5. The fourth-order valence-electron chi connectivity index (χ4n) is 3.03. The first-order chi connectivity index (χ1) is 13.2. The van der Waals surface area contributed by atoms with Gasteiger partial charge >= 0.3 is 0 Å². The van der Waals surface area contributed by atoms with Crippen molar-refractivity contribution in [3.63, 3.8) is 0 Å². The summed E-state index contributed by atoms with van der Waals surface area (Å²) < 4.78 is 53.6. The van der Waals surface area contributed by atoms with Crippen LogP contribution in [-0.4, -0.2) is 41.8 Å². The number of fused-ring (bicyclic) bond motifs is 1. The minimum Gasteiger partial charge on any atom is -0.298 e. The summed E-state index contributed by atoms with van der Waals surface area (Å²) in [6.07, 6.45) is 1.72. The largest absolute Gasteiger partial charge is 0.298 e. The molecule has 0 unspecified atom stereocenters. The van der Waals surface area contributed by atoms with Crippen LogP contribution in [0.4, 0.5) is 0 Å². The van der Waals surface area contributed by atoms with E-state index in [1.807, 2.05) is 6.92 Å². The number of carbonyl (C=O) groups is 1. The summed E-state index contributed by atoms with van der Waals surface area (Å²) in [5.41, 5.74) is 0.531. The van der Waals surface area contributed by atoms with E-state index in [-0.39, 0.29) is 21.8 Å². The van der Waals surface area contributed by atoms with Crippen LogP contribution in [0.25, 0.3) is 5.47 Å². The molecule has 9 heteroatoms. The number of unbranched alkanes of at least 4 members (excludes halogenated alkanes) is 1. The molecule has 1 aliphatic heterocycles. The summed E-state index contributed by atoms with van der Waals surface area (Å²) in [4.78, 5) is 10.7. The van der Waals surface area contributed by atoms with Crippen LogP contribution in [0.15, 0.2) is 63.4 Å². The maximum absolute atomic E-state index is 13.3. The van der Waals surface area contributed by atoms with Gasteiger partial charge in [-0.25, -0.2) is 16.8 Å². The second-order valence-corrected chi connectivity index (χ2v) is 10.0. The molecule has 144 valence electrons. The lowest BCUT2D eigenvalue weighted by molar-refractivity contribution is 0.112. The number of sulfonamides is 1. The Hall–Kier alpha value is -2.39. The van der Waals surface area contributed by atoms with E-state index in [1.54, 1.807) is 18.2 Å². The van der Waals surface area contributed by atoms with Crippen molar-refractivity contribution in [2.45, 2.75) is 29.6 Å². The molecule has 0 spiro atoms. The molecule has 2 aromatic carbocycles. The molecule has 3 rings (SSSR count). The molecular formula is C19H18BNO5S2. The van der Waals surface area contributed by atoms with E-state index in [0.29, 0.717) is 30.3 Å². The van der Waals surface area contributed by atoms with Gasteiger partial charge in [0, 0.05) is 12.1 Å².